The van der Waals surface area contributed by atoms with Crippen molar-refractivity contribution in [1.29, 1.82) is 0 Å². The lowest BCUT2D eigenvalue weighted by Crippen LogP contribution is -2.41. The third kappa shape index (κ3) is 3.57. The molecule has 28 heavy (non-hydrogen) atoms. The van der Waals surface area contributed by atoms with E-state index in [9.17, 15) is 4.79 Å². The molecular weight excluding hydrogens is 349 g/mol. The molecule has 1 N–H and O–H groups in total. The fraction of sp³-hybridized carbons (Fsp3) is 0.240. The van der Waals surface area contributed by atoms with Crippen LogP contribution in [-0.4, -0.2) is 11.6 Å². The molecule has 1 fully saturated rings. The minimum absolute atomic E-state index is 0.0108. The van der Waals surface area contributed by atoms with Crippen LogP contribution in [0, 0.1) is 6.92 Å². The van der Waals surface area contributed by atoms with Crippen LogP contribution in [0.5, 0.6) is 0 Å². The number of carbonyl (C=O) groups is 1. The number of aryl methyl sites for hydroxylation is 1. The smallest absolute Gasteiger partial charge is 0.262 e. The Labute approximate surface area is 165 Å². The quantitative estimate of drug-likeness (QED) is 0.597. The first-order chi connectivity index (χ1) is 13.6. The summed E-state index contributed by atoms with van der Waals surface area (Å²) in [7, 11) is 0. The first kappa shape index (κ1) is 18.4. The number of rotatable bonds is 4. The van der Waals surface area contributed by atoms with E-state index in [1.54, 1.807) is 12.1 Å². The maximum absolute atomic E-state index is 16.4. The van der Waals surface area contributed by atoms with Gasteiger partial charge >= 0.3 is 0 Å². The summed E-state index contributed by atoms with van der Waals surface area (Å²) in [5.74, 6) is -1.01. The summed E-state index contributed by atoms with van der Waals surface area (Å²) in [5.41, 5.74) is 1.80. The highest BCUT2D eigenvalue weighted by molar-refractivity contribution is 5.98. The molecule has 0 spiro atoms. The topological polar surface area (TPSA) is 29.1 Å². The monoisotopic (exact) mass is 373 g/mol. The highest BCUT2D eigenvalue weighted by Crippen LogP contribution is 2.52. The van der Waals surface area contributed by atoms with E-state index in [0.717, 1.165) is 16.7 Å². The molecule has 0 bridgehead atoms. The summed E-state index contributed by atoms with van der Waals surface area (Å²) in [6.07, 6.45) is 0.806. The van der Waals surface area contributed by atoms with Crippen LogP contribution >= 0.6 is 0 Å². The first-order valence-electron chi connectivity index (χ1n) is 9.73. The fourth-order valence-electron chi connectivity index (χ4n) is 4.33. The summed E-state index contributed by atoms with van der Waals surface area (Å²) in [5, 5.41) is 2.79. The number of anilines is 1. The Morgan fingerprint density at radius 1 is 0.929 bits per heavy atom. The van der Waals surface area contributed by atoms with Gasteiger partial charge in [-0.25, -0.2) is 4.39 Å². The molecule has 0 radical (unpaired) electrons. The van der Waals surface area contributed by atoms with E-state index in [4.69, 9.17) is 0 Å². The number of alkyl halides is 1. The van der Waals surface area contributed by atoms with Gasteiger partial charge in [-0.3, -0.25) is 4.79 Å². The molecule has 3 heteroatoms. The number of hydrogen-bond acceptors (Lipinski definition) is 1. The van der Waals surface area contributed by atoms with E-state index >= 15 is 4.39 Å². The largest absolute Gasteiger partial charge is 0.323 e. The predicted molar refractivity (Wildman–Crippen MR) is 111 cm³/mol. The maximum Gasteiger partial charge on any atom is 0.262 e. The highest BCUT2D eigenvalue weighted by Gasteiger charge is 2.54. The zero-order valence-corrected chi connectivity index (χ0v) is 15.9. The van der Waals surface area contributed by atoms with Crippen LogP contribution in [0.15, 0.2) is 84.9 Å². The Balaban J connectivity index is 1.68. The number of hydrogen-bond donors (Lipinski definition) is 1. The number of benzene rings is 3. The Morgan fingerprint density at radius 3 is 2.25 bits per heavy atom. The zero-order valence-electron chi connectivity index (χ0n) is 15.9. The average molecular weight is 373 g/mol. The third-order valence-corrected chi connectivity index (χ3v) is 5.74. The van der Waals surface area contributed by atoms with E-state index in [2.05, 4.69) is 11.4 Å². The number of nitrogens with one attached hydrogen (secondary N) is 1. The van der Waals surface area contributed by atoms with Gasteiger partial charge < -0.3 is 5.32 Å². The van der Waals surface area contributed by atoms with Crippen LogP contribution in [0.25, 0.3) is 0 Å². The van der Waals surface area contributed by atoms with Gasteiger partial charge in [0.1, 0.15) is 0 Å². The second-order valence-electron chi connectivity index (χ2n) is 7.70. The Kier molecular flexibility index (Phi) is 4.99. The van der Waals surface area contributed by atoms with Crippen molar-refractivity contribution in [3.8, 4) is 0 Å². The molecule has 0 unspecified atom stereocenters. The normalized spacial score (nSPS) is 24.1. The van der Waals surface area contributed by atoms with Gasteiger partial charge in [0.2, 0.25) is 0 Å². The lowest BCUT2D eigenvalue weighted by Gasteiger charge is -2.26. The van der Waals surface area contributed by atoms with E-state index in [1.807, 2.05) is 73.7 Å². The maximum atomic E-state index is 16.4. The second-order valence-corrected chi connectivity index (χ2v) is 7.70. The lowest BCUT2D eigenvalue weighted by atomic mass is 9.85. The SMILES string of the molecule is Cc1cccc([C@@H]2C[C@@H](c3ccccc3)[C@@](F)(C(=O)Nc3ccccc3)C2)c1. The second kappa shape index (κ2) is 7.59. The minimum Gasteiger partial charge on any atom is -0.323 e. The summed E-state index contributed by atoms with van der Waals surface area (Å²) >= 11 is 0. The molecule has 0 aromatic heterocycles. The molecule has 3 aromatic rings. The molecule has 0 heterocycles. The Bertz CT molecular complexity index is 957. The van der Waals surface area contributed by atoms with Gasteiger partial charge in [0.25, 0.3) is 5.91 Å². The van der Waals surface area contributed by atoms with Crippen molar-refractivity contribution in [3.05, 3.63) is 102 Å². The average Bonchev–Trinajstić information content (AvgIpc) is 3.08. The molecule has 4 rings (SSSR count). The van der Waals surface area contributed by atoms with Gasteiger partial charge in [-0.05, 0) is 48.9 Å². The van der Waals surface area contributed by atoms with E-state index < -0.39 is 17.5 Å². The van der Waals surface area contributed by atoms with Gasteiger partial charge in [-0.1, -0.05) is 78.4 Å². The molecular formula is C25H24FNO. The summed E-state index contributed by atoms with van der Waals surface area (Å²) < 4.78 is 16.4. The van der Waals surface area contributed by atoms with Crippen LogP contribution in [0.1, 0.15) is 41.4 Å². The molecule has 142 valence electrons. The van der Waals surface area contributed by atoms with E-state index in [0.29, 0.717) is 12.1 Å². The van der Waals surface area contributed by atoms with Gasteiger partial charge in [-0.15, -0.1) is 0 Å². The van der Waals surface area contributed by atoms with Crippen molar-refractivity contribution in [3.63, 3.8) is 0 Å². The van der Waals surface area contributed by atoms with Crippen molar-refractivity contribution in [2.75, 3.05) is 5.32 Å². The van der Waals surface area contributed by atoms with Gasteiger partial charge in [-0.2, -0.15) is 0 Å². The highest BCUT2D eigenvalue weighted by atomic mass is 19.1. The van der Waals surface area contributed by atoms with Crippen LogP contribution in [0.4, 0.5) is 10.1 Å². The molecule has 0 saturated heterocycles. The number of amides is 1. The van der Waals surface area contributed by atoms with Crippen molar-refractivity contribution in [1.82, 2.24) is 0 Å². The van der Waals surface area contributed by atoms with Crippen molar-refractivity contribution >= 4 is 11.6 Å². The molecule has 3 aromatic carbocycles. The van der Waals surface area contributed by atoms with Gasteiger partial charge in [0, 0.05) is 11.6 Å². The number of carbonyl (C=O) groups excluding carboxylic acids is 1. The zero-order chi connectivity index (χ0) is 19.6. The molecule has 1 saturated carbocycles. The Morgan fingerprint density at radius 2 is 1.57 bits per heavy atom. The molecule has 3 atom stereocenters. The van der Waals surface area contributed by atoms with Crippen LogP contribution in [0.3, 0.4) is 0 Å². The van der Waals surface area contributed by atoms with E-state index in [1.165, 1.54) is 0 Å². The minimum atomic E-state index is -1.95. The van der Waals surface area contributed by atoms with Gasteiger partial charge in [0.15, 0.2) is 5.67 Å². The van der Waals surface area contributed by atoms with Crippen LogP contribution < -0.4 is 5.32 Å². The van der Waals surface area contributed by atoms with Crippen LogP contribution in [-0.2, 0) is 4.79 Å². The van der Waals surface area contributed by atoms with Crippen molar-refractivity contribution < 1.29 is 9.18 Å². The number of para-hydroxylation sites is 1. The lowest BCUT2D eigenvalue weighted by molar-refractivity contribution is -0.128. The standard InChI is InChI=1S/C25H24FNO/c1-18-9-8-12-20(15-18)21-16-23(19-10-4-2-5-11-19)25(26,17-21)24(28)27-22-13-6-3-7-14-22/h2-15,21,23H,16-17H2,1H3,(H,27,28)/t21-,23+,25-/m1/s1. The van der Waals surface area contributed by atoms with Crippen molar-refractivity contribution in [2.24, 2.45) is 0 Å². The van der Waals surface area contributed by atoms with E-state index in [-0.39, 0.29) is 12.3 Å². The third-order valence-electron chi connectivity index (χ3n) is 5.74. The van der Waals surface area contributed by atoms with Crippen molar-refractivity contribution in [2.45, 2.75) is 37.3 Å². The fourth-order valence-corrected chi connectivity index (χ4v) is 4.33. The summed E-state index contributed by atoms with van der Waals surface area (Å²) in [6.45, 7) is 2.04. The molecule has 0 aliphatic heterocycles. The summed E-state index contributed by atoms with van der Waals surface area (Å²) in [4.78, 5) is 13.1. The molecule has 2 nitrogen and oxygen atoms in total. The molecule has 1 aliphatic rings. The predicted octanol–water partition coefficient (Wildman–Crippen LogP) is 6.00. The molecule has 1 aliphatic carbocycles. The van der Waals surface area contributed by atoms with Crippen LogP contribution in [0.2, 0.25) is 0 Å². The Hall–Kier alpha value is -2.94. The molecule has 1 amide bonds. The van der Waals surface area contributed by atoms with Gasteiger partial charge in [0.05, 0.1) is 0 Å². The number of halogens is 1. The first-order valence-corrected chi connectivity index (χ1v) is 9.73. The summed E-state index contributed by atoms with van der Waals surface area (Å²) in [6, 6.07) is 26.9.